The number of nitrogens with two attached hydrogens (primary N) is 1. The maximum Gasteiger partial charge on any atom is 0.338 e. The molecule has 0 radical (unpaired) electrons. The van der Waals surface area contributed by atoms with E-state index in [-0.39, 0.29) is 6.42 Å². The second-order valence-corrected chi connectivity index (χ2v) is 4.01. The molecule has 0 spiro atoms. The average molecular weight is 253 g/mol. The molecule has 0 aliphatic rings. The smallest absolute Gasteiger partial charge is 0.335 e. The first-order valence-electron chi connectivity index (χ1n) is 5.02. The number of alkyl halides is 3. The van der Waals surface area contributed by atoms with E-state index in [1.165, 1.54) is 0 Å². The number of halogens is 3. The number of nitrogens with one attached hydrogen (secondary N) is 1. The van der Waals surface area contributed by atoms with Crippen molar-refractivity contribution in [1.82, 2.24) is 15.0 Å². The van der Waals surface area contributed by atoms with Gasteiger partial charge in [0.05, 0.1) is 0 Å². The maximum atomic E-state index is 12.9. The lowest BCUT2D eigenvalue weighted by Crippen LogP contribution is -2.47. The Morgan fingerprint density at radius 2 is 2.38 bits per heavy atom. The van der Waals surface area contributed by atoms with Gasteiger partial charge in [-0.15, -0.1) is 0 Å². The van der Waals surface area contributed by atoms with Gasteiger partial charge in [0.1, 0.15) is 11.9 Å². The zero-order valence-electron chi connectivity index (χ0n) is 8.96. The van der Waals surface area contributed by atoms with Crippen LogP contribution in [0.2, 0.25) is 0 Å². The SMILES string of the molecule is CCCn1ccnc1CC(NN)C(F)(F)Cl. The molecule has 1 atom stereocenters. The van der Waals surface area contributed by atoms with Gasteiger partial charge in [-0.3, -0.25) is 5.84 Å². The summed E-state index contributed by atoms with van der Waals surface area (Å²) < 4.78 is 27.6. The summed E-state index contributed by atoms with van der Waals surface area (Å²) in [6.45, 7) is 2.74. The summed E-state index contributed by atoms with van der Waals surface area (Å²) in [5.41, 5.74) is 2.01. The van der Waals surface area contributed by atoms with E-state index in [4.69, 9.17) is 17.4 Å². The van der Waals surface area contributed by atoms with Crippen LogP contribution in [0, 0.1) is 0 Å². The van der Waals surface area contributed by atoms with E-state index in [0.29, 0.717) is 5.82 Å². The molecule has 1 heterocycles. The molecule has 16 heavy (non-hydrogen) atoms. The van der Waals surface area contributed by atoms with Crippen LogP contribution in [-0.4, -0.2) is 21.0 Å². The predicted molar refractivity (Wildman–Crippen MR) is 58.1 cm³/mol. The molecule has 1 aromatic rings. The highest BCUT2D eigenvalue weighted by Gasteiger charge is 2.37. The fraction of sp³-hybridized carbons (Fsp3) is 0.667. The molecule has 0 aromatic carbocycles. The molecule has 0 aliphatic heterocycles. The monoisotopic (exact) mass is 252 g/mol. The van der Waals surface area contributed by atoms with Crippen molar-refractivity contribution in [1.29, 1.82) is 0 Å². The maximum absolute atomic E-state index is 12.9. The van der Waals surface area contributed by atoms with E-state index in [1.807, 2.05) is 16.9 Å². The van der Waals surface area contributed by atoms with Crippen molar-refractivity contribution >= 4 is 11.6 Å². The van der Waals surface area contributed by atoms with Crippen LogP contribution in [0.5, 0.6) is 0 Å². The van der Waals surface area contributed by atoms with Crippen LogP contribution in [0.15, 0.2) is 12.4 Å². The molecular formula is C9H15ClF2N4. The lowest BCUT2D eigenvalue weighted by atomic mass is 10.2. The Morgan fingerprint density at radius 3 is 2.88 bits per heavy atom. The third kappa shape index (κ3) is 3.40. The number of hydrogen-bond acceptors (Lipinski definition) is 3. The summed E-state index contributed by atoms with van der Waals surface area (Å²) >= 11 is 4.93. The van der Waals surface area contributed by atoms with Crippen molar-refractivity contribution < 1.29 is 8.78 Å². The van der Waals surface area contributed by atoms with E-state index < -0.39 is 11.4 Å². The lowest BCUT2D eigenvalue weighted by Gasteiger charge is -2.20. The van der Waals surface area contributed by atoms with Crippen LogP contribution in [-0.2, 0) is 13.0 Å². The molecule has 1 aromatic heterocycles. The first kappa shape index (κ1) is 13.3. The van der Waals surface area contributed by atoms with Crippen molar-refractivity contribution in [2.24, 2.45) is 5.84 Å². The first-order valence-corrected chi connectivity index (χ1v) is 5.39. The Labute approximate surface area is 97.8 Å². The second-order valence-electron chi connectivity index (χ2n) is 3.50. The van der Waals surface area contributed by atoms with Crippen molar-refractivity contribution in [2.45, 2.75) is 37.7 Å². The normalized spacial score (nSPS) is 14.1. The van der Waals surface area contributed by atoms with Gasteiger partial charge in [-0.25, -0.2) is 10.4 Å². The molecule has 1 rings (SSSR count). The molecule has 0 saturated heterocycles. The van der Waals surface area contributed by atoms with Gasteiger partial charge in [-0.2, -0.15) is 8.78 Å². The van der Waals surface area contributed by atoms with Crippen molar-refractivity contribution in [3.63, 3.8) is 0 Å². The molecule has 0 saturated carbocycles. The minimum Gasteiger partial charge on any atom is -0.335 e. The highest BCUT2D eigenvalue weighted by atomic mass is 35.5. The molecule has 0 bridgehead atoms. The summed E-state index contributed by atoms with van der Waals surface area (Å²) in [5, 5.41) is -3.39. The number of imidazole rings is 1. The first-order chi connectivity index (χ1) is 7.49. The topological polar surface area (TPSA) is 55.9 Å². The van der Waals surface area contributed by atoms with Gasteiger partial charge in [-0.1, -0.05) is 6.92 Å². The third-order valence-corrected chi connectivity index (χ3v) is 2.51. The number of aromatic nitrogens is 2. The van der Waals surface area contributed by atoms with E-state index in [2.05, 4.69) is 4.98 Å². The molecule has 4 nitrogen and oxygen atoms in total. The molecule has 92 valence electrons. The van der Waals surface area contributed by atoms with Crippen LogP contribution in [0.25, 0.3) is 0 Å². The van der Waals surface area contributed by atoms with Crippen LogP contribution < -0.4 is 11.3 Å². The Morgan fingerprint density at radius 1 is 1.69 bits per heavy atom. The van der Waals surface area contributed by atoms with Crippen LogP contribution in [0.4, 0.5) is 8.78 Å². The van der Waals surface area contributed by atoms with E-state index in [9.17, 15) is 8.78 Å². The highest BCUT2D eigenvalue weighted by molar-refractivity contribution is 6.22. The molecular weight excluding hydrogens is 238 g/mol. The fourth-order valence-electron chi connectivity index (χ4n) is 1.43. The van der Waals surface area contributed by atoms with Gasteiger partial charge < -0.3 is 4.57 Å². The zero-order chi connectivity index (χ0) is 12.2. The fourth-order valence-corrected chi connectivity index (χ4v) is 1.57. The Hall–Kier alpha value is -0.720. The van der Waals surface area contributed by atoms with Crippen molar-refractivity contribution in [2.75, 3.05) is 0 Å². The highest BCUT2D eigenvalue weighted by Crippen LogP contribution is 2.25. The van der Waals surface area contributed by atoms with E-state index in [1.54, 1.807) is 12.4 Å². The molecule has 7 heteroatoms. The van der Waals surface area contributed by atoms with Gasteiger partial charge in [0.25, 0.3) is 0 Å². The largest absolute Gasteiger partial charge is 0.338 e. The number of hydrogen-bond donors (Lipinski definition) is 2. The Bertz CT molecular complexity index is 324. The quantitative estimate of drug-likeness (QED) is 0.458. The molecule has 0 fully saturated rings. The summed E-state index contributed by atoms with van der Waals surface area (Å²) in [6.07, 6.45) is 4.21. The average Bonchev–Trinajstić information content (AvgIpc) is 2.60. The Balaban J connectivity index is 2.74. The van der Waals surface area contributed by atoms with Crippen molar-refractivity contribution in [3.8, 4) is 0 Å². The summed E-state index contributed by atoms with van der Waals surface area (Å²) in [4.78, 5) is 4.01. The van der Waals surface area contributed by atoms with Gasteiger partial charge in [0.2, 0.25) is 0 Å². The Kier molecular flexibility index (Phi) is 4.64. The lowest BCUT2D eigenvalue weighted by molar-refractivity contribution is 0.0491. The van der Waals surface area contributed by atoms with Crippen LogP contribution in [0.3, 0.4) is 0 Å². The predicted octanol–water partition coefficient (Wildman–Crippen LogP) is 1.50. The van der Waals surface area contributed by atoms with Crippen LogP contribution in [0.1, 0.15) is 19.2 Å². The van der Waals surface area contributed by atoms with Gasteiger partial charge in [0.15, 0.2) is 0 Å². The van der Waals surface area contributed by atoms with Crippen molar-refractivity contribution in [3.05, 3.63) is 18.2 Å². The number of hydrazine groups is 1. The summed E-state index contributed by atoms with van der Waals surface area (Å²) in [6, 6.07) is -1.33. The van der Waals surface area contributed by atoms with E-state index >= 15 is 0 Å². The number of nitrogens with zero attached hydrogens (tertiary/aromatic N) is 2. The second kappa shape index (κ2) is 5.56. The molecule has 0 amide bonds. The minimum absolute atomic E-state index is 0.0139. The molecule has 0 aliphatic carbocycles. The standard InChI is InChI=1S/C9H15ClF2N4/c1-2-4-16-5-3-14-8(16)6-7(15-13)9(10,11)12/h3,5,7,15H,2,4,6,13H2,1H3. The molecule has 3 N–H and O–H groups in total. The number of rotatable bonds is 6. The van der Waals surface area contributed by atoms with Gasteiger partial charge >= 0.3 is 5.38 Å². The summed E-state index contributed by atoms with van der Waals surface area (Å²) in [5.74, 6) is 5.59. The minimum atomic E-state index is -3.39. The molecule has 1 unspecified atom stereocenters. The van der Waals surface area contributed by atoms with Gasteiger partial charge in [0, 0.05) is 25.4 Å². The number of aryl methyl sites for hydroxylation is 1. The summed E-state index contributed by atoms with van der Waals surface area (Å²) in [7, 11) is 0. The van der Waals surface area contributed by atoms with Crippen LogP contribution >= 0.6 is 11.6 Å². The van der Waals surface area contributed by atoms with E-state index in [0.717, 1.165) is 13.0 Å². The van der Waals surface area contributed by atoms with Gasteiger partial charge in [-0.05, 0) is 18.0 Å². The zero-order valence-corrected chi connectivity index (χ0v) is 9.71. The third-order valence-electron chi connectivity index (χ3n) is 2.25.